The molecule has 0 spiro atoms. The molecule has 0 saturated carbocycles. The van der Waals surface area contributed by atoms with Gasteiger partial charge in [-0.05, 0) is 18.6 Å². The molecule has 0 radical (unpaired) electrons. The van der Waals surface area contributed by atoms with Crippen molar-refractivity contribution in [3.8, 4) is 0 Å². The van der Waals surface area contributed by atoms with Crippen molar-refractivity contribution in [2.45, 2.75) is 77.7 Å². The van der Waals surface area contributed by atoms with E-state index in [4.69, 9.17) is 0 Å². The standard InChI is InChI=1S/C24H42FN2O2S/c1-3-4-5-6-7-8-9-10-11-12-21-30(28,29)26-17-19-27(2,20-18-26)22-23-13-15-24(25)16-14-23/h13-16H,3-12,17-22H2,1-2H3/q+1. The first kappa shape index (κ1) is 25.3. The lowest BCUT2D eigenvalue weighted by Crippen LogP contribution is -2.57. The summed E-state index contributed by atoms with van der Waals surface area (Å²) in [5.41, 5.74) is 1.10. The van der Waals surface area contributed by atoms with Crippen molar-refractivity contribution in [1.29, 1.82) is 0 Å². The first-order chi connectivity index (χ1) is 14.3. The summed E-state index contributed by atoms with van der Waals surface area (Å²) in [7, 11) is -0.984. The highest BCUT2D eigenvalue weighted by Crippen LogP contribution is 2.19. The predicted molar refractivity (Wildman–Crippen MR) is 123 cm³/mol. The van der Waals surface area contributed by atoms with Crippen LogP contribution in [0.2, 0.25) is 0 Å². The summed E-state index contributed by atoms with van der Waals surface area (Å²) >= 11 is 0. The number of nitrogens with zero attached hydrogens (tertiary/aromatic N) is 2. The van der Waals surface area contributed by atoms with E-state index in [9.17, 15) is 12.8 Å². The lowest BCUT2D eigenvalue weighted by molar-refractivity contribution is -0.925. The Labute approximate surface area is 184 Å². The third-order valence-corrected chi connectivity index (χ3v) is 8.36. The molecule has 1 fully saturated rings. The molecule has 1 aromatic carbocycles. The molecule has 0 bridgehead atoms. The van der Waals surface area contributed by atoms with E-state index in [1.54, 1.807) is 4.31 Å². The Kier molecular flexibility index (Phi) is 10.8. The maximum Gasteiger partial charge on any atom is 0.214 e. The maximum absolute atomic E-state index is 13.1. The van der Waals surface area contributed by atoms with Gasteiger partial charge in [-0.1, -0.05) is 76.8 Å². The van der Waals surface area contributed by atoms with Crippen LogP contribution in [0.15, 0.2) is 24.3 Å². The van der Waals surface area contributed by atoms with Crippen molar-refractivity contribution in [3.05, 3.63) is 35.6 Å². The molecule has 1 aliphatic heterocycles. The van der Waals surface area contributed by atoms with Gasteiger partial charge in [0.05, 0.1) is 39.0 Å². The van der Waals surface area contributed by atoms with E-state index < -0.39 is 10.0 Å². The van der Waals surface area contributed by atoms with E-state index in [0.29, 0.717) is 13.1 Å². The fraction of sp³-hybridized carbons (Fsp3) is 0.750. The van der Waals surface area contributed by atoms with Gasteiger partial charge in [0.15, 0.2) is 0 Å². The Bertz CT molecular complexity index is 698. The van der Waals surface area contributed by atoms with Crippen molar-refractivity contribution < 1.29 is 17.3 Å². The first-order valence-electron chi connectivity index (χ1n) is 11.9. The largest absolute Gasteiger partial charge is 0.320 e. The highest BCUT2D eigenvalue weighted by Gasteiger charge is 2.34. The van der Waals surface area contributed by atoms with Crippen LogP contribution in [0, 0.1) is 5.82 Å². The molecule has 1 aliphatic rings. The Morgan fingerprint density at radius 3 is 1.90 bits per heavy atom. The van der Waals surface area contributed by atoms with Gasteiger partial charge in [0, 0.05) is 5.56 Å². The molecule has 4 nitrogen and oxygen atoms in total. The zero-order valence-corrected chi connectivity index (χ0v) is 19.9. The van der Waals surface area contributed by atoms with Crippen LogP contribution in [0.4, 0.5) is 4.39 Å². The average Bonchev–Trinajstić information content (AvgIpc) is 2.71. The van der Waals surface area contributed by atoms with Crippen LogP contribution in [0.25, 0.3) is 0 Å². The number of halogens is 1. The highest BCUT2D eigenvalue weighted by atomic mass is 32.2. The summed E-state index contributed by atoms with van der Waals surface area (Å²) in [5, 5.41) is 0. The van der Waals surface area contributed by atoms with Gasteiger partial charge >= 0.3 is 0 Å². The molecule has 1 aromatic rings. The molecule has 6 heteroatoms. The zero-order valence-electron chi connectivity index (χ0n) is 19.1. The summed E-state index contributed by atoms with van der Waals surface area (Å²) in [5.74, 6) is 0.0647. The molecule has 0 atom stereocenters. The monoisotopic (exact) mass is 441 g/mol. The zero-order chi connectivity index (χ0) is 21.9. The number of unbranched alkanes of at least 4 members (excludes halogenated alkanes) is 9. The summed E-state index contributed by atoms with van der Waals surface area (Å²) in [6, 6.07) is 6.64. The van der Waals surface area contributed by atoms with Crippen molar-refractivity contribution in [2.24, 2.45) is 0 Å². The van der Waals surface area contributed by atoms with Crippen LogP contribution < -0.4 is 0 Å². The number of sulfonamides is 1. The fourth-order valence-corrected chi connectivity index (χ4v) is 5.84. The van der Waals surface area contributed by atoms with Crippen molar-refractivity contribution in [2.75, 3.05) is 39.0 Å². The van der Waals surface area contributed by atoms with Gasteiger partial charge in [0.25, 0.3) is 0 Å². The first-order valence-corrected chi connectivity index (χ1v) is 13.5. The SMILES string of the molecule is CCCCCCCCCCCCS(=O)(=O)N1CC[N+](C)(Cc2ccc(F)cc2)CC1. The van der Waals surface area contributed by atoms with E-state index in [1.807, 2.05) is 12.1 Å². The molecule has 30 heavy (non-hydrogen) atoms. The molecule has 0 unspecified atom stereocenters. The average molecular weight is 442 g/mol. The van der Waals surface area contributed by atoms with Crippen LogP contribution >= 0.6 is 0 Å². The summed E-state index contributed by atoms with van der Waals surface area (Å²) in [6.45, 7) is 5.81. The Morgan fingerprint density at radius 2 is 1.37 bits per heavy atom. The van der Waals surface area contributed by atoms with E-state index >= 15 is 0 Å². The molecule has 0 aromatic heterocycles. The number of likely N-dealkylation sites (N-methyl/N-ethyl adjacent to an activating group) is 1. The summed E-state index contributed by atoms with van der Waals surface area (Å²) in [4.78, 5) is 0. The van der Waals surface area contributed by atoms with Crippen LogP contribution in [-0.4, -0.2) is 56.2 Å². The summed E-state index contributed by atoms with van der Waals surface area (Å²) < 4.78 is 41.0. The number of hydrogen-bond acceptors (Lipinski definition) is 2. The van der Waals surface area contributed by atoms with Crippen LogP contribution in [-0.2, 0) is 16.6 Å². The second-order valence-corrected chi connectivity index (χ2v) is 11.3. The van der Waals surface area contributed by atoms with Crippen molar-refractivity contribution >= 4 is 10.0 Å². The predicted octanol–water partition coefficient (Wildman–Crippen LogP) is 5.34. The quantitative estimate of drug-likeness (QED) is 0.289. The Morgan fingerprint density at radius 1 is 0.867 bits per heavy atom. The molecule has 0 amide bonds. The van der Waals surface area contributed by atoms with Gasteiger partial charge in [0.1, 0.15) is 12.4 Å². The third kappa shape index (κ3) is 9.03. The number of rotatable bonds is 14. The lowest BCUT2D eigenvalue weighted by atomic mass is 10.1. The van der Waals surface area contributed by atoms with Crippen LogP contribution in [0.3, 0.4) is 0 Å². The van der Waals surface area contributed by atoms with Gasteiger partial charge in [-0.3, -0.25) is 0 Å². The van der Waals surface area contributed by atoms with Crippen molar-refractivity contribution in [1.82, 2.24) is 4.31 Å². The minimum Gasteiger partial charge on any atom is -0.320 e. The molecular weight excluding hydrogens is 399 g/mol. The van der Waals surface area contributed by atoms with Gasteiger partial charge < -0.3 is 4.48 Å². The van der Waals surface area contributed by atoms with E-state index in [0.717, 1.165) is 48.9 Å². The van der Waals surface area contributed by atoms with Crippen LogP contribution in [0.5, 0.6) is 0 Å². The maximum atomic E-state index is 13.1. The third-order valence-electron chi connectivity index (χ3n) is 6.41. The molecule has 0 aliphatic carbocycles. The minimum atomic E-state index is -3.15. The molecule has 0 N–H and O–H groups in total. The number of piperazine rings is 1. The smallest absolute Gasteiger partial charge is 0.214 e. The van der Waals surface area contributed by atoms with E-state index in [2.05, 4.69) is 14.0 Å². The van der Waals surface area contributed by atoms with Crippen molar-refractivity contribution in [3.63, 3.8) is 0 Å². The number of benzene rings is 1. The van der Waals surface area contributed by atoms with E-state index in [-0.39, 0.29) is 11.6 Å². The topological polar surface area (TPSA) is 37.4 Å². The molecular formula is C24H42FN2O2S+. The Balaban J connectivity index is 1.62. The van der Waals surface area contributed by atoms with Gasteiger partial charge in [-0.25, -0.2) is 12.8 Å². The molecule has 1 heterocycles. The molecule has 172 valence electrons. The van der Waals surface area contributed by atoms with Gasteiger partial charge in [-0.15, -0.1) is 0 Å². The lowest BCUT2D eigenvalue weighted by Gasteiger charge is -2.41. The molecule has 2 rings (SSSR count). The second-order valence-electron chi connectivity index (χ2n) is 9.25. The normalized spacial score (nSPS) is 17.3. The highest BCUT2D eigenvalue weighted by molar-refractivity contribution is 7.89. The van der Waals surface area contributed by atoms with Gasteiger partial charge in [0.2, 0.25) is 10.0 Å². The second kappa shape index (κ2) is 12.8. The van der Waals surface area contributed by atoms with Crippen LogP contribution in [0.1, 0.15) is 76.7 Å². The molecule has 1 saturated heterocycles. The number of hydrogen-bond donors (Lipinski definition) is 0. The minimum absolute atomic E-state index is 0.218. The summed E-state index contributed by atoms with van der Waals surface area (Å²) in [6.07, 6.45) is 12.1. The fourth-order valence-electron chi connectivity index (χ4n) is 4.30. The Hall–Kier alpha value is -0.980. The van der Waals surface area contributed by atoms with Gasteiger partial charge in [-0.2, -0.15) is 4.31 Å². The van der Waals surface area contributed by atoms with E-state index in [1.165, 1.54) is 57.1 Å². The number of quaternary nitrogens is 1.